The molecule has 0 bridgehead atoms. The SMILES string of the molecule is CCC(C)C(=O)N(C)CCN(C)CCN1C(=O)c2ccccc2C1=O. The first-order valence-electron chi connectivity index (χ1n) is 8.75. The molecule has 0 fully saturated rings. The second-order valence-corrected chi connectivity index (χ2v) is 6.68. The third-order valence-corrected chi connectivity index (χ3v) is 4.81. The normalized spacial score (nSPS) is 14.8. The molecule has 0 spiro atoms. The van der Waals surface area contributed by atoms with Crippen molar-refractivity contribution in [3.63, 3.8) is 0 Å². The van der Waals surface area contributed by atoms with Crippen LogP contribution in [0.15, 0.2) is 24.3 Å². The Hall–Kier alpha value is -2.21. The van der Waals surface area contributed by atoms with Gasteiger partial charge in [-0.2, -0.15) is 0 Å². The number of fused-ring (bicyclic) bond motifs is 1. The fraction of sp³-hybridized carbons (Fsp3) is 0.526. The summed E-state index contributed by atoms with van der Waals surface area (Å²) in [5.74, 6) is -0.263. The Morgan fingerprint density at radius 1 is 1.04 bits per heavy atom. The first-order chi connectivity index (χ1) is 11.9. The lowest BCUT2D eigenvalue weighted by Crippen LogP contribution is -2.41. The summed E-state index contributed by atoms with van der Waals surface area (Å²) in [5.41, 5.74) is 0.961. The van der Waals surface area contributed by atoms with Gasteiger partial charge in [-0.05, 0) is 25.6 Å². The van der Waals surface area contributed by atoms with Crippen molar-refractivity contribution in [1.29, 1.82) is 0 Å². The number of amides is 3. The Morgan fingerprint density at radius 2 is 1.60 bits per heavy atom. The van der Waals surface area contributed by atoms with Crippen molar-refractivity contribution in [2.45, 2.75) is 20.3 Å². The smallest absolute Gasteiger partial charge is 0.261 e. The molecule has 2 rings (SSSR count). The maximum atomic E-state index is 12.3. The number of imide groups is 1. The third-order valence-electron chi connectivity index (χ3n) is 4.81. The van der Waals surface area contributed by atoms with Gasteiger partial charge in [0.25, 0.3) is 11.8 Å². The Bertz CT molecular complexity index is 624. The number of carbonyl (C=O) groups is 3. The molecule has 1 heterocycles. The van der Waals surface area contributed by atoms with Gasteiger partial charge in [-0.15, -0.1) is 0 Å². The van der Waals surface area contributed by atoms with E-state index in [1.165, 1.54) is 4.90 Å². The van der Waals surface area contributed by atoms with Crippen molar-refractivity contribution in [2.75, 3.05) is 40.3 Å². The highest BCUT2D eigenvalue weighted by Crippen LogP contribution is 2.21. The van der Waals surface area contributed by atoms with E-state index in [0.29, 0.717) is 37.3 Å². The quantitative estimate of drug-likeness (QED) is 0.673. The summed E-state index contributed by atoms with van der Waals surface area (Å²) in [4.78, 5) is 41.8. The van der Waals surface area contributed by atoms with Gasteiger partial charge in [-0.3, -0.25) is 19.3 Å². The van der Waals surface area contributed by atoms with Gasteiger partial charge in [-0.25, -0.2) is 0 Å². The van der Waals surface area contributed by atoms with Crippen molar-refractivity contribution in [1.82, 2.24) is 14.7 Å². The first kappa shape index (κ1) is 19.1. The molecule has 1 aromatic rings. The number of hydrogen-bond acceptors (Lipinski definition) is 4. The molecule has 0 N–H and O–H groups in total. The lowest BCUT2D eigenvalue weighted by atomic mass is 10.1. The number of nitrogens with zero attached hydrogens (tertiary/aromatic N) is 3. The molecule has 0 aliphatic carbocycles. The minimum atomic E-state index is -0.224. The van der Waals surface area contributed by atoms with Crippen LogP contribution >= 0.6 is 0 Å². The van der Waals surface area contributed by atoms with Gasteiger partial charge in [0.1, 0.15) is 0 Å². The molecule has 1 aliphatic rings. The van der Waals surface area contributed by atoms with E-state index in [-0.39, 0.29) is 23.6 Å². The van der Waals surface area contributed by atoms with Crippen LogP contribution in [0.2, 0.25) is 0 Å². The van der Waals surface area contributed by atoms with Gasteiger partial charge in [0.15, 0.2) is 0 Å². The van der Waals surface area contributed by atoms with E-state index in [1.54, 1.807) is 29.2 Å². The summed E-state index contributed by atoms with van der Waals surface area (Å²) in [7, 11) is 3.74. The van der Waals surface area contributed by atoms with Crippen LogP contribution in [0.25, 0.3) is 0 Å². The van der Waals surface area contributed by atoms with Crippen molar-refractivity contribution in [2.24, 2.45) is 5.92 Å². The molecule has 0 saturated heterocycles. The predicted octanol–water partition coefficient (Wildman–Crippen LogP) is 1.72. The zero-order valence-corrected chi connectivity index (χ0v) is 15.5. The fourth-order valence-corrected chi connectivity index (χ4v) is 2.81. The zero-order chi connectivity index (χ0) is 18.6. The molecule has 0 radical (unpaired) electrons. The average molecular weight is 345 g/mol. The lowest BCUT2D eigenvalue weighted by molar-refractivity contribution is -0.133. The number of rotatable bonds is 8. The predicted molar refractivity (Wildman–Crippen MR) is 96.4 cm³/mol. The van der Waals surface area contributed by atoms with E-state index < -0.39 is 0 Å². The van der Waals surface area contributed by atoms with Crippen LogP contribution in [0, 0.1) is 5.92 Å². The van der Waals surface area contributed by atoms with Gasteiger partial charge in [0, 0.05) is 39.1 Å². The van der Waals surface area contributed by atoms with E-state index >= 15 is 0 Å². The van der Waals surface area contributed by atoms with Crippen molar-refractivity contribution in [3.05, 3.63) is 35.4 Å². The number of hydrogen-bond donors (Lipinski definition) is 0. The van der Waals surface area contributed by atoms with Gasteiger partial charge < -0.3 is 9.80 Å². The Balaban J connectivity index is 1.81. The second-order valence-electron chi connectivity index (χ2n) is 6.68. The van der Waals surface area contributed by atoms with Crippen LogP contribution in [-0.2, 0) is 4.79 Å². The minimum Gasteiger partial charge on any atom is -0.344 e. The van der Waals surface area contributed by atoms with Crippen LogP contribution in [0.1, 0.15) is 41.0 Å². The average Bonchev–Trinajstić information content (AvgIpc) is 2.87. The van der Waals surface area contributed by atoms with Gasteiger partial charge >= 0.3 is 0 Å². The van der Waals surface area contributed by atoms with E-state index in [1.807, 2.05) is 32.8 Å². The number of carbonyl (C=O) groups excluding carboxylic acids is 3. The fourth-order valence-electron chi connectivity index (χ4n) is 2.81. The number of likely N-dealkylation sites (N-methyl/N-ethyl adjacent to an activating group) is 2. The van der Waals surface area contributed by atoms with Crippen LogP contribution in [0.3, 0.4) is 0 Å². The highest BCUT2D eigenvalue weighted by Gasteiger charge is 2.34. The Labute approximate surface area is 149 Å². The highest BCUT2D eigenvalue weighted by atomic mass is 16.2. The Morgan fingerprint density at radius 3 is 2.12 bits per heavy atom. The van der Waals surface area contributed by atoms with Crippen LogP contribution in [0.5, 0.6) is 0 Å². The van der Waals surface area contributed by atoms with Gasteiger partial charge in [-0.1, -0.05) is 26.0 Å². The minimum absolute atomic E-state index is 0.0358. The van der Waals surface area contributed by atoms with Crippen LogP contribution in [-0.4, -0.2) is 72.7 Å². The largest absolute Gasteiger partial charge is 0.344 e. The number of benzene rings is 1. The first-order valence-corrected chi connectivity index (χ1v) is 8.75. The third kappa shape index (κ3) is 4.25. The molecule has 1 atom stereocenters. The molecule has 3 amide bonds. The van der Waals surface area contributed by atoms with Gasteiger partial charge in [0.05, 0.1) is 11.1 Å². The molecular weight excluding hydrogens is 318 g/mol. The summed E-state index contributed by atoms with van der Waals surface area (Å²) < 4.78 is 0. The van der Waals surface area contributed by atoms with E-state index in [2.05, 4.69) is 0 Å². The van der Waals surface area contributed by atoms with E-state index in [0.717, 1.165) is 6.42 Å². The Kier molecular flexibility index (Phi) is 6.31. The summed E-state index contributed by atoms with van der Waals surface area (Å²) in [6.45, 7) is 6.20. The topological polar surface area (TPSA) is 60.9 Å². The molecule has 6 heteroatoms. The van der Waals surface area contributed by atoms with Crippen molar-refractivity contribution >= 4 is 17.7 Å². The summed E-state index contributed by atoms with van der Waals surface area (Å²) in [5, 5.41) is 0. The molecule has 136 valence electrons. The van der Waals surface area contributed by atoms with E-state index in [4.69, 9.17) is 0 Å². The van der Waals surface area contributed by atoms with Crippen LogP contribution in [0.4, 0.5) is 0 Å². The molecule has 1 unspecified atom stereocenters. The summed E-state index contributed by atoms with van der Waals surface area (Å²) >= 11 is 0. The monoisotopic (exact) mass is 345 g/mol. The molecule has 1 aliphatic heterocycles. The van der Waals surface area contributed by atoms with Crippen molar-refractivity contribution < 1.29 is 14.4 Å². The van der Waals surface area contributed by atoms with Gasteiger partial charge in [0.2, 0.25) is 5.91 Å². The molecule has 1 aromatic carbocycles. The maximum absolute atomic E-state index is 12.3. The molecule has 0 saturated carbocycles. The molecule has 6 nitrogen and oxygen atoms in total. The second kappa shape index (κ2) is 8.25. The molecule has 0 aromatic heterocycles. The van der Waals surface area contributed by atoms with E-state index in [9.17, 15) is 14.4 Å². The highest BCUT2D eigenvalue weighted by molar-refractivity contribution is 6.21. The van der Waals surface area contributed by atoms with Crippen molar-refractivity contribution in [3.8, 4) is 0 Å². The standard InChI is InChI=1S/C19H27N3O3/c1-5-14(2)17(23)21(4)12-10-20(3)11-13-22-18(24)15-8-6-7-9-16(15)19(22)25/h6-9,14H,5,10-13H2,1-4H3. The summed E-state index contributed by atoms with van der Waals surface area (Å²) in [6.07, 6.45) is 0.832. The zero-order valence-electron chi connectivity index (χ0n) is 15.5. The lowest BCUT2D eigenvalue weighted by Gasteiger charge is -2.25. The van der Waals surface area contributed by atoms with Crippen LogP contribution < -0.4 is 0 Å². The molecular formula is C19H27N3O3. The molecule has 25 heavy (non-hydrogen) atoms. The maximum Gasteiger partial charge on any atom is 0.261 e. The summed E-state index contributed by atoms with van der Waals surface area (Å²) in [6, 6.07) is 6.91.